The van der Waals surface area contributed by atoms with Gasteiger partial charge in [0.05, 0.1) is 7.11 Å². The van der Waals surface area contributed by atoms with Crippen molar-refractivity contribution in [2.75, 3.05) is 12.4 Å². The Hall–Kier alpha value is -2.11. The highest BCUT2D eigenvalue weighted by molar-refractivity contribution is 6.31. The average molecular weight is 212 g/mol. The molecule has 0 aromatic heterocycles. The number of nitrogens with one attached hydrogen (secondary N) is 1. The van der Waals surface area contributed by atoms with Crippen molar-refractivity contribution in [3.63, 3.8) is 0 Å². The maximum Gasteiger partial charge on any atom is 0.270 e. The summed E-state index contributed by atoms with van der Waals surface area (Å²) in [6, 6.07) is 3.84. The van der Waals surface area contributed by atoms with Crippen LogP contribution in [-0.4, -0.2) is 24.4 Å². The first kappa shape index (κ1) is 11.0. The van der Waals surface area contributed by atoms with Gasteiger partial charge in [-0.15, -0.1) is 0 Å². The molecule has 0 saturated carbocycles. The highest BCUT2D eigenvalue weighted by Gasteiger charge is 2.05. The van der Waals surface area contributed by atoms with Gasteiger partial charge in [-0.05, 0) is 12.1 Å². The topological polar surface area (TPSA) is 70.9 Å². The first-order chi connectivity index (χ1) is 7.17. The lowest BCUT2D eigenvalue weighted by Crippen LogP contribution is -2.12. The van der Waals surface area contributed by atoms with E-state index < -0.39 is 11.7 Å². The minimum atomic E-state index is -0.619. The molecule has 0 aliphatic carbocycles. The molecule has 0 fully saturated rings. The summed E-state index contributed by atoms with van der Waals surface area (Å²) in [5.74, 6) is -1.12. The van der Waals surface area contributed by atoms with Crippen molar-refractivity contribution in [3.8, 4) is 5.75 Å². The van der Waals surface area contributed by atoms with Gasteiger partial charge in [-0.25, -0.2) is 4.39 Å². The number of methoxy groups -OCH3 is 1. The van der Waals surface area contributed by atoms with Gasteiger partial charge in [0.2, 0.25) is 0 Å². The number of halogens is 1. The fourth-order valence-corrected chi connectivity index (χ4v) is 0.965. The molecule has 6 heteroatoms. The molecule has 1 aromatic rings. The molecular formula is C9H9FN2O3. The largest absolute Gasteiger partial charge is 0.494 e. The van der Waals surface area contributed by atoms with E-state index in [0.29, 0.717) is 11.9 Å². The number of hydrogen-bond acceptors (Lipinski definition) is 4. The molecule has 1 amide bonds. The fraction of sp³-hybridized carbons (Fsp3) is 0.111. The smallest absolute Gasteiger partial charge is 0.270 e. The van der Waals surface area contributed by atoms with Gasteiger partial charge in [-0.1, -0.05) is 5.16 Å². The Bertz CT molecular complexity index is 393. The van der Waals surface area contributed by atoms with Crippen molar-refractivity contribution in [2.45, 2.75) is 0 Å². The third kappa shape index (κ3) is 2.94. The van der Waals surface area contributed by atoms with Crippen LogP contribution in [0.4, 0.5) is 10.1 Å². The Labute approximate surface area is 85.2 Å². The van der Waals surface area contributed by atoms with Gasteiger partial charge in [0, 0.05) is 11.8 Å². The zero-order valence-electron chi connectivity index (χ0n) is 7.90. The standard InChI is InChI=1S/C9H9FN2O3/c1-15-8-4-6(2-3-7(8)10)12-9(13)5-11-14/h2-5,14H,1H3,(H,12,13)/b11-5+. The summed E-state index contributed by atoms with van der Waals surface area (Å²) >= 11 is 0. The molecule has 0 heterocycles. The molecule has 0 bridgehead atoms. The van der Waals surface area contributed by atoms with E-state index in [9.17, 15) is 9.18 Å². The van der Waals surface area contributed by atoms with Gasteiger partial charge < -0.3 is 15.3 Å². The Morgan fingerprint density at radius 2 is 2.40 bits per heavy atom. The Balaban J connectivity index is 2.83. The lowest BCUT2D eigenvalue weighted by molar-refractivity contribution is -0.110. The fourth-order valence-electron chi connectivity index (χ4n) is 0.965. The molecule has 0 saturated heterocycles. The van der Waals surface area contributed by atoms with E-state index in [4.69, 9.17) is 9.94 Å². The molecule has 0 spiro atoms. The normalized spacial score (nSPS) is 10.3. The summed E-state index contributed by atoms with van der Waals surface area (Å²) in [5.41, 5.74) is 0.346. The number of nitrogens with zero attached hydrogens (tertiary/aromatic N) is 1. The van der Waals surface area contributed by atoms with Gasteiger partial charge >= 0.3 is 0 Å². The molecule has 0 aliphatic rings. The number of anilines is 1. The lowest BCUT2D eigenvalue weighted by atomic mass is 10.3. The second-order valence-electron chi connectivity index (χ2n) is 2.58. The van der Waals surface area contributed by atoms with Crippen molar-refractivity contribution in [3.05, 3.63) is 24.0 Å². The molecule has 0 atom stereocenters. The lowest BCUT2D eigenvalue weighted by Gasteiger charge is -2.05. The number of benzene rings is 1. The van der Waals surface area contributed by atoms with Crippen LogP contribution < -0.4 is 10.1 Å². The van der Waals surface area contributed by atoms with Crippen molar-refractivity contribution in [2.24, 2.45) is 5.16 Å². The summed E-state index contributed by atoms with van der Waals surface area (Å²) in [6.45, 7) is 0. The van der Waals surface area contributed by atoms with Crippen LogP contribution in [0.25, 0.3) is 0 Å². The minimum absolute atomic E-state index is 0.0220. The number of rotatable bonds is 3. The minimum Gasteiger partial charge on any atom is -0.494 e. The second kappa shape index (κ2) is 4.94. The van der Waals surface area contributed by atoms with E-state index in [1.54, 1.807) is 0 Å². The van der Waals surface area contributed by atoms with Crippen LogP contribution in [0.15, 0.2) is 23.4 Å². The number of carbonyl (C=O) groups excluding carboxylic acids is 1. The van der Waals surface area contributed by atoms with Gasteiger partial charge in [0.25, 0.3) is 5.91 Å². The van der Waals surface area contributed by atoms with Crippen molar-refractivity contribution in [1.29, 1.82) is 0 Å². The van der Waals surface area contributed by atoms with Crippen LogP contribution in [0.1, 0.15) is 0 Å². The highest BCUT2D eigenvalue weighted by Crippen LogP contribution is 2.21. The quantitative estimate of drug-likeness (QED) is 0.449. The number of ether oxygens (including phenoxy) is 1. The van der Waals surface area contributed by atoms with E-state index >= 15 is 0 Å². The molecule has 0 unspecified atom stereocenters. The average Bonchev–Trinajstić information content (AvgIpc) is 2.21. The van der Waals surface area contributed by atoms with Crippen LogP contribution >= 0.6 is 0 Å². The summed E-state index contributed by atoms with van der Waals surface area (Å²) in [4.78, 5) is 10.9. The van der Waals surface area contributed by atoms with Crippen molar-refractivity contribution >= 4 is 17.8 Å². The second-order valence-corrected chi connectivity index (χ2v) is 2.58. The van der Waals surface area contributed by atoms with Crippen molar-refractivity contribution < 1.29 is 19.1 Å². The molecule has 15 heavy (non-hydrogen) atoms. The maximum atomic E-state index is 13.0. The van der Waals surface area contributed by atoms with E-state index in [1.165, 1.54) is 19.2 Å². The summed E-state index contributed by atoms with van der Waals surface area (Å²) in [5, 5.41) is 13.0. The van der Waals surface area contributed by atoms with Crippen LogP contribution in [0.2, 0.25) is 0 Å². The molecule has 80 valence electrons. The van der Waals surface area contributed by atoms with Crippen LogP contribution in [0, 0.1) is 5.82 Å². The molecule has 0 aliphatic heterocycles. The van der Waals surface area contributed by atoms with E-state index in [-0.39, 0.29) is 5.75 Å². The summed E-state index contributed by atoms with van der Waals surface area (Å²) < 4.78 is 17.7. The number of oxime groups is 1. The van der Waals surface area contributed by atoms with E-state index in [1.807, 2.05) is 0 Å². The Morgan fingerprint density at radius 3 is 3.00 bits per heavy atom. The molecular weight excluding hydrogens is 203 g/mol. The van der Waals surface area contributed by atoms with Crippen molar-refractivity contribution in [1.82, 2.24) is 0 Å². The Morgan fingerprint density at radius 1 is 1.67 bits per heavy atom. The zero-order chi connectivity index (χ0) is 11.3. The van der Waals surface area contributed by atoms with Gasteiger partial charge in [-0.3, -0.25) is 4.79 Å². The van der Waals surface area contributed by atoms with Gasteiger partial charge in [0.15, 0.2) is 11.6 Å². The molecule has 0 radical (unpaired) electrons. The third-order valence-electron chi connectivity index (χ3n) is 1.59. The number of amides is 1. The predicted octanol–water partition coefficient (Wildman–Crippen LogP) is 1.23. The SMILES string of the molecule is COc1cc(NC(=O)/C=N/O)ccc1F. The van der Waals surface area contributed by atoms with Crippen LogP contribution in [0.3, 0.4) is 0 Å². The van der Waals surface area contributed by atoms with Gasteiger partial charge in [-0.2, -0.15) is 0 Å². The molecule has 1 rings (SSSR count). The number of carbonyl (C=O) groups is 1. The Kier molecular flexibility index (Phi) is 3.61. The predicted molar refractivity (Wildman–Crippen MR) is 51.9 cm³/mol. The molecule has 1 aromatic carbocycles. The maximum absolute atomic E-state index is 13.0. The molecule has 2 N–H and O–H groups in total. The van der Waals surface area contributed by atoms with E-state index in [2.05, 4.69) is 10.5 Å². The first-order valence-electron chi connectivity index (χ1n) is 3.99. The van der Waals surface area contributed by atoms with E-state index in [0.717, 1.165) is 6.07 Å². The highest BCUT2D eigenvalue weighted by atomic mass is 19.1. The summed E-state index contributed by atoms with van der Waals surface area (Å²) in [6.07, 6.45) is 0.690. The van der Waals surface area contributed by atoms with Crippen LogP contribution in [0.5, 0.6) is 5.75 Å². The molecule has 5 nitrogen and oxygen atoms in total. The van der Waals surface area contributed by atoms with Gasteiger partial charge in [0.1, 0.15) is 6.21 Å². The summed E-state index contributed by atoms with van der Waals surface area (Å²) in [7, 11) is 1.32. The van der Waals surface area contributed by atoms with Crippen LogP contribution in [-0.2, 0) is 4.79 Å². The zero-order valence-corrected chi connectivity index (χ0v) is 7.90. The monoisotopic (exact) mass is 212 g/mol. The number of hydrogen-bond donors (Lipinski definition) is 2. The third-order valence-corrected chi connectivity index (χ3v) is 1.59. The first-order valence-corrected chi connectivity index (χ1v) is 3.99.